The summed E-state index contributed by atoms with van der Waals surface area (Å²) in [6, 6.07) is -7.98. The molecule has 68 heavy (non-hydrogen) atoms. The van der Waals surface area contributed by atoms with E-state index in [4.69, 9.17) is 24.1 Å². The lowest BCUT2D eigenvalue weighted by atomic mass is 10.0. The Balaban J connectivity index is 2.87. The lowest BCUT2D eigenvalue weighted by Crippen LogP contribution is -2.60. The molecule has 0 saturated heterocycles. The van der Waals surface area contributed by atoms with E-state index in [1.165, 1.54) is 34.0 Å². The Hall–Kier alpha value is -6.39. The van der Waals surface area contributed by atoms with Crippen LogP contribution in [0.25, 0.3) is 0 Å². The number of rotatable bonds is 38. The third-order valence-corrected chi connectivity index (χ3v) is 9.44. The minimum atomic E-state index is -1.79. The molecule has 1 heterocycles. The number of carbonyl (C=O) groups excluding carboxylic acids is 6. The fraction of sp³-hybridized carbons (Fsp3) is 0.700. The minimum absolute atomic E-state index is 0.0268. The average Bonchev–Trinajstić information content (AvgIpc) is 3.71. The zero-order valence-corrected chi connectivity index (χ0v) is 38.4. The second-order valence-electron chi connectivity index (χ2n) is 15.3. The molecule has 0 unspecified atom stereocenters. The number of aromatic nitrogens is 3. The lowest BCUT2D eigenvalue weighted by molar-refractivity contribution is -0.146. The van der Waals surface area contributed by atoms with Crippen LogP contribution in [-0.4, -0.2) is 203 Å². The summed E-state index contributed by atoms with van der Waals surface area (Å²) in [6.07, 6.45) is -1.55. The van der Waals surface area contributed by atoms with Crippen LogP contribution in [0, 0.1) is 5.92 Å². The van der Waals surface area contributed by atoms with Gasteiger partial charge in [0.25, 0.3) is 0 Å². The number of likely N-dealkylation sites (N-methyl/N-ethyl adjacent to an activating group) is 1. The van der Waals surface area contributed by atoms with Crippen LogP contribution in [-0.2, 0) is 79.9 Å². The van der Waals surface area contributed by atoms with Gasteiger partial charge in [-0.05, 0) is 32.1 Å². The number of hydrogen-bond acceptors (Lipinski definition) is 16. The molecule has 28 heteroatoms. The maximum absolute atomic E-state index is 13.6. The van der Waals surface area contributed by atoms with Crippen LogP contribution in [0.15, 0.2) is 6.20 Å². The molecule has 0 spiro atoms. The van der Waals surface area contributed by atoms with Crippen molar-refractivity contribution in [3.05, 3.63) is 11.9 Å². The van der Waals surface area contributed by atoms with Crippen molar-refractivity contribution in [2.24, 2.45) is 5.92 Å². The standard InChI is InChI=1S/C40H64FN9O18/c1-24(2)35(46-37(61)27(7-8-31(52)53)44-38(62)28(20-33(56)57)43-30(51)23-50-22-26(47-48-50)6-5-10-41)39(63)45-29(21-34(58)59)40(64)49(4)25(3)36(60)42-11-13-66-15-17-68-19-18-67-16-14-65-12-9-32(54)55/h22,24-25,27-29,35H,5-21,23H2,1-4H3,(H,42,60)(H,43,51)(H,44,62)(H,45,63)(H,46,61)(H,52,53)(H,54,55)(H,56,57)(H,58,59)/t25-,27-,28+,29+,35-/m0/s1. The molecule has 1 aromatic rings. The Morgan fingerprint density at radius 2 is 1.19 bits per heavy atom. The molecule has 0 aliphatic heterocycles. The SMILES string of the molecule is CC(C)[C@H](NC(=O)[C@H](CCC(=O)O)NC(=O)[C@@H](CC(=O)O)NC(=O)Cn1cc(CCCF)nn1)C(=O)N[C@H](CC(=O)O)C(=O)N(C)[C@@H](C)C(=O)NCCOCCOCCOCCOCCC(=O)O. The van der Waals surface area contributed by atoms with Crippen molar-refractivity contribution in [1.82, 2.24) is 46.5 Å². The van der Waals surface area contributed by atoms with E-state index in [0.717, 1.165) is 9.58 Å². The third-order valence-electron chi connectivity index (χ3n) is 9.44. The van der Waals surface area contributed by atoms with E-state index < -0.39 is 134 Å². The molecule has 1 rings (SSSR count). The first-order valence-electron chi connectivity index (χ1n) is 21.5. The molecule has 0 aliphatic rings. The number of hydrogen-bond donors (Lipinski definition) is 9. The van der Waals surface area contributed by atoms with E-state index in [-0.39, 0.29) is 78.7 Å². The van der Waals surface area contributed by atoms with Gasteiger partial charge in [-0.1, -0.05) is 19.1 Å². The number of halogens is 1. The van der Waals surface area contributed by atoms with Crippen molar-refractivity contribution in [1.29, 1.82) is 0 Å². The fourth-order valence-electron chi connectivity index (χ4n) is 5.71. The number of carbonyl (C=O) groups is 10. The Morgan fingerprint density at radius 3 is 1.74 bits per heavy atom. The first kappa shape index (κ1) is 59.6. The summed E-state index contributed by atoms with van der Waals surface area (Å²) >= 11 is 0. The first-order valence-corrected chi connectivity index (χ1v) is 21.5. The number of aliphatic carboxylic acids is 4. The van der Waals surface area contributed by atoms with Crippen molar-refractivity contribution in [2.75, 3.05) is 73.1 Å². The number of carboxylic acid groups (broad SMARTS) is 4. The van der Waals surface area contributed by atoms with Gasteiger partial charge in [-0.25, -0.2) is 4.68 Å². The van der Waals surface area contributed by atoms with Crippen molar-refractivity contribution in [3.63, 3.8) is 0 Å². The molecule has 0 fully saturated rings. The average molecular weight is 978 g/mol. The van der Waals surface area contributed by atoms with E-state index in [1.807, 2.05) is 0 Å². The maximum atomic E-state index is 13.6. The van der Waals surface area contributed by atoms with Crippen LogP contribution in [0.5, 0.6) is 0 Å². The van der Waals surface area contributed by atoms with Gasteiger partial charge in [-0.3, -0.25) is 52.3 Å². The van der Waals surface area contributed by atoms with E-state index >= 15 is 0 Å². The summed E-state index contributed by atoms with van der Waals surface area (Å²) in [4.78, 5) is 126. The van der Waals surface area contributed by atoms with Gasteiger partial charge in [-0.2, -0.15) is 0 Å². The molecular weight excluding hydrogens is 913 g/mol. The monoisotopic (exact) mass is 977 g/mol. The third kappa shape index (κ3) is 25.5. The van der Waals surface area contributed by atoms with E-state index in [1.54, 1.807) is 0 Å². The molecule has 0 saturated carbocycles. The number of ether oxygens (including phenoxy) is 4. The van der Waals surface area contributed by atoms with Crippen molar-refractivity contribution < 1.29 is 91.7 Å². The number of amides is 6. The largest absolute Gasteiger partial charge is 0.481 e. The molecule has 0 aliphatic carbocycles. The highest BCUT2D eigenvalue weighted by molar-refractivity contribution is 5.98. The number of nitrogens with one attached hydrogen (secondary N) is 5. The van der Waals surface area contributed by atoms with E-state index in [0.29, 0.717) is 5.69 Å². The molecule has 0 bridgehead atoms. The molecule has 0 radical (unpaired) electrons. The van der Waals surface area contributed by atoms with Gasteiger partial charge in [-0.15, -0.1) is 5.10 Å². The van der Waals surface area contributed by atoms with Crippen molar-refractivity contribution in [3.8, 4) is 0 Å². The molecule has 0 aromatic carbocycles. The number of aryl methyl sites for hydroxylation is 1. The lowest BCUT2D eigenvalue weighted by Gasteiger charge is -2.30. The Labute approximate surface area is 390 Å². The van der Waals surface area contributed by atoms with E-state index in [9.17, 15) is 67.7 Å². The summed E-state index contributed by atoms with van der Waals surface area (Å²) in [5.74, 6) is -12.1. The molecule has 384 valence electrons. The summed E-state index contributed by atoms with van der Waals surface area (Å²) < 4.78 is 34.8. The highest BCUT2D eigenvalue weighted by atomic mass is 19.1. The quantitative estimate of drug-likeness (QED) is 0.0300. The molecule has 1 aromatic heterocycles. The van der Waals surface area contributed by atoms with Crippen LogP contribution in [0.3, 0.4) is 0 Å². The predicted molar refractivity (Wildman–Crippen MR) is 229 cm³/mol. The summed E-state index contributed by atoms with van der Waals surface area (Å²) in [7, 11) is 1.21. The van der Waals surface area contributed by atoms with Gasteiger partial charge in [0.15, 0.2) is 0 Å². The van der Waals surface area contributed by atoms with Crippen LogP contribution < -0.4 is 26.6 Å². The Bertz CT molecular complexity index is 1820. The minimum Gasteiger partial charge on any atom is -0.481 e. The number of alkyl halides is 1. The Morgan fingerprint density at radius 1 is 0.662 bits per heavy atom. The summed E-state index contributed by atoms with van der Waals surface area (Å²) in [5.41, 5.74) is 0.373. The molecular formula is C40H64FN9O18. The van der Waals surface area contributed by atoms with Gasteiger partial charge in [0.05, 0.1) is 84.5 Å². The van der Waals surface area contributed by atoms with Crippen molar-refractivity contribution >= 4 is 59.3 Å². The normalized spacial score (nSPS) is 13.3. The second-order valence-corrected chi connectivity index (χ2v) is 15.3. The van der Waals surface area contributed by atoms with Crippen LogP contribution in [0.4, 0.5) is 4.39 Å². The summed E-state index contributed by atoms with van der Waals surface area (Å²) in [5, 5.41) is 56.2. The highest BCUT2D eigenvalue weighted by Gasteiger charge is 2.36. The van der Waals surface area contributed by atoms with Crippen LogP contribution >= 0.6 is 0 Å². The molecule has 5 atom stereocenters. The molecule has 6 amide bonds. The molecule has 27 nitrogen and oxygen atoms in total. The fourth-order valence-corrected chi connectivity index (χ4v) is 5.71. The van der Waals surface area contributed by atoms with Crippen molar-refractivity contribution in [2.45, 2.75) is 102 Å². The van der Waals surface area contributed by atoms with Crippen LogP contribution in [0.2, 0.25) is 0 Å². The zero-order chi connectivity index (χ0) is 51.2. The predicted octanol–water partition coefficient (Wildman–Crippen LogP) is -2.91. The highest BCUT2D eigenvalue weighted by Crippen LogP contribution is 2.10. The zero-order valence-electron chi connectivity index (χ0n) is 38.4. The van der Waals surface area contributed by atoms with Gasteiger partial charge in [0.1, 0.15) is 36.8 Å². The van der Waals surface area contributed by atoms with Gasteiger partial charge >= 0.3 is 23.9 Å². The molecule has 9 N–H and O–H groups in total. The first-order chi connectivity index (χ1) is 32.2. The Kier molecular flexibility index (Phi) is 29.1. The van der Waals surface area contributed by atoms with Gasteiger partial charge in [0.2, 0.25) is 35.4 Å². The number of nitrogens with zero attached hydrogens (tertiary/aromatic N) is 4. The smallest absolute Gasteiger partial charge is 0.305 e. The number of carboxylic acids is 4. The van der Waals surface area contributed by atoms with Gasteiger partial charge in [0, 0.05) is 26.2 Å². The van der Waals surface area contributed by atoms with Gasteiger partial charge < -0.3 is 70.9 Å². The second kappa shape index (κ2) is 33.1. The van der Waals surface area contributed by atoms with E-state index in [2.05, 4.69) is 36.9 Å². The topological polar surface area (TPSA) is 383 Å². The maximum Gasteiger partial charge on any atom is 0.305 e. The van der Waals surface area contributed by atoms with Crippen LogP contribution in [0.1, 0.15) is 65.0 Å². The summed E-state index contributed by atoms with van der Waals surface area (Å²) in [6.45, 7) is 4.80.